The first-order valence-corrected chi connectivity index (χ1v) is 7.71. The third-order valence-corrected chi connectivity index (χ3v) is 3.41. The Labute approximate surface area is 124 Å². The summed E-state index contributed by atoms with van der Waals surface area (Å²) in [7, 11) is 0. The van der Waals surface area contributed by atoms with Gasteiger partial charge in [-0.15, -0.1) is 11.3 Å². The van der Waals surface area contributed by atoms with E-state index in [4.69, 9.17) is 0 Å². The van der Waals surface area contributed by atoms with Crippen molar-refractivity contribution in [1.82, 2.24) is 9.88 Å². The zero-order chi connectivity index (χ0) is 15.2. The van der Waals surface area contributed by atoms with Gasteiger partial charge in [-0.2, -0.15) is 0 Å². The number of aromatic nitrogens is 1. The Kier molecular flexibility index (Phi) is 6.13. The van der Waals surface area contributed by atoms with E-state index in [1.165, 1.54) is 11.3 Å². The quantitative estimate of drug-likeness (QED) is 0.878. The van der Waals surface area contributed by atoms with Gasteiger partial charge < -0.3 is 10.2 Å². The largest absolute Gasteiger partial charge is 0.333 e. The molecule has 0 spiro atoms. The van der Waals surface area contributed by atoms with E-state index in [1.54, 1.807) is 16.5 Å². The van der Waals surface area contributed by atoms with Crippen LogP contribution < -0.4 is 5.32 Å². The molecule has 1 aromatic heterocycles. The second kappa shape index (κ2) is 7.38. The summed E-state index contributed by atoms with van der Waals surface area (Å²) in [4.78, 5) is 30.0. The standard InChI is InChI=1S/C14H23N3O2S/c1-5-6-8-17(12(19)14(2,3)4)10-11(18)16-13-15-7-9-20-13/h7,9H,5-6,8,10H2,1-4H3,(H,15,16,18). The average molecular weight is 297 g/mol. The number of carbonyl (C=O) groups excluding carboxylic acids is 2. The monoisotopic (exact) mass is 297 g/mol. The van der Waals surface area contributed by atoms with Crippen LogP contribution in [-0.2, 0) is 9.59 Å². The summed E-state index contributed by atoms with van der Waals surface area (Å²) >= 11 is 1.36. The number of carbonyl (C=O) groups is 2. The van der Waals surface area contributed by atoms with Crippen molar-refractivity contribution >= 4 is 28.3 Å². The number of hydrogen-bond acceptors (Lipinski definition) is 4. The van der Waals surface area contributed by atoms with Crippen LogP contribution >= 0.6 is 11.3 Å². The predicted octanol–water partition coefficient (Wildman–Crippen LogP) is 2.76. The Morgan fingerprint density at radius 2 is 2.10 bits per heavy atom. The Hall–Kier alpha value is -1.43. The smallest absolute Gasteiger partial charge is 0.245 e. The first-order chi connectivity index (χ1) is 9.34. The zero-order valence-electron chi connectivity index (χ0n) is 12.6. The van der Waals surface area contributed by atoms with Gasteiger partial charge in [0.05, 0.1) is 6.54 Å². The number of thiazole rings is 1. The van der Waals surface area contributed by atoms with Gasteiger partial charge in [0.1, 0.15) is 0 Å². The maximum absolute atomic E-state index is 12.3. The third kappa shape index (κ3) is 5.28. The number of unbranched alkanes of at least 4 members (excludes halogenated alkanes) is 1. The molecule has 0 aliphatic carbocycles. The number of hydrogen-bond donors (Lipinski definition) is 1. The van der Waals surface area contributed by atoms with Crippen molar-refractivity contribution < 1.29 is 9.59 Å². The van der Waals surface area contributed by atoms with Gasteiger partial charge in [-0.3, -0.25) is 9.59 Å². The molecule has 1 aromatic rings. The van der Waals surface area contributed by atoms with Crippen molar-refractivity contribution in [2.24, 2.45) is 5.41 Å². The second-order valence-electron chi connectivity index (χ2n) is 5.72. The molecular formula is C14H23N3O2S. The van der Waals surface area contributed by atoms with Crippen molar-refractivity contribution in [3.8, 4) is 0 Å². The van der Waals surface area contributed by atoms with Crippen LogP contribution in [0.25, 0.3) is 0 Å². The molecule has 0 aliphatic rings. The lowest BCUT2D eigenvalue weighted by molar-refractivity contribution is -0.141. The van der Waals surface area contributed by atoms with Gasteiger partial charge in [0.25, 0.3) is 0 Å². The van der Waals surface area contributed by atoms with Crippen molar-refractivity contribution in [2.75, 3.05) is 18.4 Å². The molecule has 6 heteroatoms. The fraction of sp³-hybridized carbons (Fsp3) is 0.643. The fourth-order valence-corrected chi connectivity index (χ4v) is 2.24. The van der Waals surface area contributed by atoms with Crippen molar-refractivity contribution in [3.05, 3.63) is 11.6 Å². The lowest BCUT2D eigenvalue weighted by Gasteiger charge is -2.28. The minimum absolute atomic E-state index is 0.000221. The number of rotatable bonds is 6. The first-order valence-electron chi connectivity index (χ1n) is 6.83. The first kappa shape index (κ1) is 16.6. The molecule has 0 fully saturated rings. The van der Waals surface area contributed by atoms with Gasteiger partial charge in [0.2, 0.25) is 11.8 Å². The van der Waals surface area contributed by atoms with Gasteiger partial charge in [-0.25, -0.2) is 4.98 Å². The molecule has 112 valence electrons. The van der Waals surface area contributed by atoms with Crippen molar-refractivity contribution in [3.63, 3.8) is 0 Å². The summed E-state index contributed by atoms with van der Waals surface area (Å²) in [5.41, 5.74) is -0.477. The maximum Gasteiger partial charge on any atom is 0.245 e. The van der Waals surface area contributed by atoms with Crippen LogP contribution in [0.15, 0.2) is 11.6 Å². The Balaban J connectivity index is 2.64. The summed E-state index contributed by atoms with van der Waals surface area (Å²) in [6.45, 7) is 8.36. The third-order valence-electron chi connectivity index (χ3n) is 2.72. The van der Waals surface area contributed by atoms with Crippen LogP contribution in [-0.4, -0.2) is 34.8 Å². The van der Waals surface area contributed by atoms with E-state index in [0.29, 0.717) is 11.7 Å². The number of amides is 2. The van der Waals surface area contributed by atoms with Gasteiger partial charge >= 0.3 is 0 Å². The predicted molar refractivity (Wildman–Crippen MR) is 81.7 cm³/mol. The summed E-state index contributed by atoms with van der Waals surface area (Å²) in [6, 6.07) is 0. The number of nitrogens with one attached hydrogen (secondary N) is 1. The minimum Gasteiger partial charge on any atom is -0.333 e. The van der Waals surface area contributed by atoms with E-state index in [1.807, 2.05) is 20.8 Å². The van der Waals surface area contributed by atoms with Crippen LogP contribution in [0.3, 0.4) is 0 Å². The molecule has 1 heterocycles. The molecule has 0 radical (unpaired) electrons. The van der Waals surface area contributed by atoms with Gasteiger partial charge in [-0.05, 0) is 6.42 Å². The van der Waals surface area contributed by atoms with Crippen LogP contribution in [0, 0.1) is 5.41 Å². The summed E-state index contributed by atoms with van der Waals surface area (Å²) in [5.74, 6) is -0.200. The molecular weight excluding hydrogens is 274 g/mol. The van der Waals surface area contributed by atoms with Crippen molar-refractivity contribution in [2.45, 2.75) is 40.5 Å². The second-order valence-corrected chi connectivity index (χ2v) is 6.61. The Morgan fingerprint density at radius 3 is 2.60 bits per heavy atom. The Morgan fingerprint density at radius 1 is 1.40 bits per heavy atom. The molecule has 0 aromatic carbocycles. The Bertz CT molecular complexity index is 438. The van der Waals surface area contributed by atoms with Gasteiger partial charge in [0, 0.05) is 23.5 Å². The highest BCUT2D eigenvalue weighted by Crippen LogP contribution is 2.18. The van der Waals surface area contributed by atoms with E-state index < -0.39 is 5.41 Å². The fourth-order valence-electron chi connectivity index (χ4n) is 1.69. The summed E-state index contributed by atoms with van der Waals surface area (Å²) in [5, 5.41) is 5.07. The highest BCUT2D eigenvalue weighted by atomic mass is 32.1. The molecule has 1 N–H and O–H groups in total. The van der Waals surface area contributed by atoms with Crippen molar-refractivity contribution in [1.29, 1.82) is 0 Å². The number of nitrogens with zero attached hydrogens (tertiary/aromatic N) is 2. The highest BCUT2D eigenvalue weighted by Gasteiger charge is 2.28. The van der Waals surface area contributed by atoms with E-state index >= 15 is 0 Å². The molecule has 2 amide bonds. The average Bonchev–Trinajstić information content (AvgIpc) is 2.85. The SMILES string of the molecule is CCCCN(CC(=O)Nc1nccs1)C(=O)C(C)(C)C. The molecule has 1 rings (SSSR count). The molecule has 0 aliphatic heterocycles. The lowest BCUT2D eigenvalue weighted by Crippen LogP contribution is -2.44. The van der Waals surface area contributed by atoms with Crippen LogP contribution in [0.1, 0.15) is 40.5 Å². The molecule has 0 atom stereocenters. The van der Waals surface area contributed by atoms with E-state index in [-0.39, 0.29) is 18.4 Å². The molecule has 5 nitrogen and oxygen atoms in total. The maximum atomic E-state index is 12.3. The molecule has 0 saturated carbocycles. The van der Waals surface area contributed by atoms with E-state index in [2.05, 4.69) is 17.2 Å². The van der Waals surface area contributed by atoms with Crippen LogP contribution in [0.2, 0.25) is 0 Å². The molecule has 0 unspecified atom stereocenters. The normalized spacial score (nSPS) is 11.2. The lowest BCUT2D eigenvalue weighted by atomic mass is 9.94. The molecule has 0 saturated heterocycles. The van der Waals surface area contributed by atoms with E-state index in [9.17, 15) is 9.59 Å². The minimum atomic E-state index is -0.477. The van der Waals surface area contributed by atoms with Crippen LogP contribution in [0.4, 0.5) is 5.13 Å². The van der Waals surface area contributed by atoms with Gasteiger partial charge in [0.15, 0.2) is 5.13 Å². The van der Waals surface area contributed by atoms with Crippen LogP contribution in [0.5, 0.6) is 0 Å². The highest BCUT2D eigenvalue weighted by molar-refractivity contribution is 7.13. The number of anilines is 1. The summed E-state index contributed by atoms with van der Waals surface area (Å²) < 4.78 is 0. The molecule has 20 heavy (non-hydrogen) atoms. The van der Waals surface area contributed by atoms with Gasteiger partial charge in [-0.1, -0.05) is 34.1 Å². The zero-order valence-corrected chi connectivity index (χ0v) is 13.4. The van der Waals surface area contributed by atoms with E-state index in [0.717, 1.165) is 12.8 Å². The summed E-state index contributed by atoms with van der Waals surface area (Å²) in [6.07, 6.45) is 3.52. The molecule has 0 bridgehead atoms. The topological polar surface area (TPSA) is 62.3 Å².